The second-order valence-electron chi connectivity index (χ2n) is 4.41. The zero-order chi connectivity index (χ0) is 16.1. The van der Waals surface area contributed by atoms with Crippen LogP contribution < -0.4 is 5.32 Å². The van der Waals surface area contributed by atoms with Gasteiger partial charge in [-0.2, -0.15) is 5.10 Å². The molecule has 0 saturated carbocycles. The largest absolute Gasteiger partial charge is 0.392 e. The molecule has 1 heterocycles. The van der Waals surface area contributed by atoms with Crippen molar-refractivity contribution in [3.05, 3.63) is 56.4 Å². The van der Waals surface area contributed by atoms with Gasteiger partial charge in [0.1, 0.15) is 18.1 Å². The minimum Gasteiger partial charge on any atom is -0.392 e. The lowest BCUT2D eigenvalue weighted by molar-refractivity contribution is -0.385. The van der Waals surface area contributed by atoms with Gasteiger partial charge in [-0.1, -0.05) is 0 Å². The summed E-state index contributed by atoms with van der Waals surface area (Å²) in [4.78, 5) is 20.4. The van der Waals surface area contributed by atoms with E-state index < -0.39 is 9.85 Å². The number of nitrogens with one attached hydrogen (secondary N) is 1. The van der Waals surface area contributed by atoms with Crippen molar-refractivity contribution in [3.63, 3.8) is 0 Å². The van der Waals surface area contributed by atoms with Gasteiger partial charge in [-0.15, -0.1) is 0 Å². The number of hydrogen-bond acceptors (Lipinski definition) is 7. The highest BCUT2D eigenvalue weighted by Crippen LogP contribution is 2.25. The highest BCUT2D eigenvalue weighted by Gasteiger charge is 2.14. The van der Waals surface area contributed by atoms with Gasteiger partial charge in [0.25, 0.3) is 5.69 Å². The third-order valence-electron chi connectivity index (χ3n) is 2.93. The Labute approximate surface area is 124 Å². The number of benzene rings is 1. The highest BCUT2D eigenvalue weighted by atomic mass is 16.6. The topological polar surface area (TPSA) is 136 Å². The summed E-state index contributed by atoms with van der Waals surface area (Å²) in [5.74, 6) is 0. The molecule has 0 spiro atoms. The van der Waals surface area contributed by atoms with E-state index in [1.807, 2.05) is 0 Å². The lowest BCUT2D eigenvalue weighted by Crippen LogP contribution is -2.12. The van der Waals surface area contributed by atoms with Gasteiger partial charge < -0.3 is 10.4 Å². The van der Waals surface area contributed by atoms with Crippen LogP contribution in [0.2, 0.25) is 0 Å². The van der Waals surface area contributed by atoms with Gasteiger partial charge in [-0.25, -0.2) is 0 Å². The van der Waals surface area contributed by atoms with Gasteiger partial charge in [0.15, 0.2) is 0 Å². The van der Waals surface area contributed by atoms with Crippen molar-refractivity contribution in [1.29, 1.82) is 0 Å². The van der Waals surface area contributed by atoms with Crippen molar-refractivity contribution < 1.29 is 15.0 Å². The van der Waals surface area contributed by atoms with Crippen LogP contribution in [0.5, 0.6) is 0 Å². The first kappa shape index (κ1) is 15.4. The summed E-state index contributed by atoms with van der Waals surface area (Å²) in [6.07, 6.45) is 2.41. The number of anilines is 1. The molecule has 0 bridgehead atoms. The van der Waals surface area contributed by atoms with Crippen LogP contribution in [0, 0.1) is 20.2 Å². The normalized spacial score (nSPS) is 10.4. The van der Waals surface area contributed by atoms with Crippen LogP contribution in [-0.2, 0) is 13.2 Å². The SMILES string of the molecule is O=[N+]([O-])c1cnn(CCNc2cc(CO)ccc2[N+](=O)[O-])c1. The van der Waals surface area contributed by atoms with E-state index in [2.05, 4.69) is 10.4 Å². The number of hydrogen-bond donors (Lipinski definition) is 2. The third-order valence-corrected chi connectivity index (χ3v) is 2.93. The van der Waals surface area contributed by atoms with E-state index >= 15 is 0 Å². The molecule has 0 fully saturated rings. The minimum atomic E-state index is -0.549. The quantitative estimate of drug-likeness (QED) is 0.581. The van der Waals surface area contributed by atoms with Crippen LogP contribution in [0.15, 0.2) is 30.6 Å². The number of rotatable bonds is 7. The second kappa shape index (κ2) is 6.63. The molecule has 1 aromatic carbocycles. The van der Waals surface area contributed by atoms with Gasteiger partial charge in [0, 0.05) is 12.6 Å². The van der Waals surface area contributed by atoms with Crippen molar-refractivity contribution in [2.24, 2.45) is 0 Å². The van der Waals surface area contributed by atoms with Crippen molar-refractivity contribution in [1.82, 2.24) is 9.78 Å². The summed E-state index contributed by atoms with van der Waals surface area (Å²) in [6, 6.07) is 4.27. The fraction of sp³-hybridized carbons (Fsp3) is 0.250. The number of aliphatic hydroxyl groups is 1. The molecule has 22 heavy (non-hydrogen) atoms. The van der Waals surface area contributed by atoms with Crippen molar-refractivity contribution in [2.45, 2.75) is 13.2 Å². The summed E-state index contributed by atoms with van der Waals surface area (Å²) in [6.45, 7) is 0.362. The van der Waals surface area contributed by atoms with E-state index in [9.17, 15) is 20.2 Å². The van der Waals surface area contributed by atoms with E-state index in [1.54, 1.807) is 0 Å². The molecule has 0 aliphatic heterocycles. The molecule has 1 aromatic heterocycles. The summed E-state index contributed by atoms with van der Waals surface area (Å²) in [5, 5.41) is 37.2. The Morgan fingerprint density at radius 3 is 2.64 bits per heavy atom. The fourth-order valence-electron chi connectivity index (χ4n) is 1.86. The van der Waals surface area contributed by atoms with Crippen LogP contribution in [0.3, 0.4) is 0 Å². The van der Waals surface area contributed by atoms with Gasteiger partial charge >= 0.3 is 5.69 Å². The number of aromatic nitrogens is 2. The lowest BCUT2D eigenvalue weighted by Gasteiger charge is -2.08. The Balaban J connectivity index is 2.03. The van der Waals surface area contributed by atoms with Gasteiger partial charge in [0.2, 0.25) is 0 Å². The van der Waals surface area contributed by atoms with Crippen LogP contribution >= 0.6 is 0 Å². The molecule has 0 aliphatic rings. The zero-order valence-electron chi connectivity index (χ0n) is 11.4. The molecule has 0 aliphatic carbocycles. The van der Waals surface area contributed by atoms with E-state index in [0.717, 1.165) is 6.20 Å². The van der Waals surface area contributed by atoms with Crippen molar-refractivity contribution >= 4 is 17.1 Å². The van der Waals surface area contributed by atoms with Gasteiger partial charge in [0.05, 0.1) is 23.0 Å². The van der Waals surface area contributed by atoms with E-state index in [-0.39, 0.29) is 30.2 Å². The molecule has 0 atom stereocenters. The molecular weight excluding hydrogens is 294 g/mol. The predicted molar refractivity (Wildman–Crippen MR) is 76.4 cm³/mol. The van der Waals surface area contributed by atoms with Crippen molar-refractivity contribution in [2.75, 3.05) is 11.9 Å². The minimum absolute atomic E-state index is 0.108. The summed E-state index contributed by atoms with van der Waals surface area (Å²) in [7, 11) is 0. The summed E-state index contributed by atoms with van der Waals surface area (Å²) >= 11 is 0. The third kappa shape index (κ3) is 3.55. The predicted octanol–water partition coefficient (Wildman–Crippen LogP) is 1.30. The molecule has 10 heteroatoms. The van der Waals surface area contributed by atoms with Gasteiger partial charge in [-0.3, -0.25) is 24.9 Å². The fourth-order valence-corrected chi connectivity index (χ4v) is 1.86. The average molecular weight is 307 g/mol. The van der Waals surface area contributed by atoms with Crippen molar-refractivity contribution in [3.8, 4) is 0 Å². The first-order chi connectivity index (χ1) is 10.5. The first-order valence-electron chi connectivity index (χ1n) is 6.30. The molecule has 116 valence electrons. The molecule has 0 saturated heterocycles. The monoisotopic (exact) mass is 307 g/mol. The second-order valence-corrected chi connectivity index (χ2v) is 4.41. The molecule has 0 unspecified atom stereocenters. The maximum atomic E-state index is 10.9. The molecule has 10 nitrogen and oxygen atoms in total. The zero-order valence-corrected chi connectivity index (χ0v) is 11.4. The molecule has 2 aromatic rings. The van der Waals surface area contributed by atoms with Gasteiger partial charge in [-0.05, 0) is 17.7 Å². The maximum Gasteiger partial charge on any atom is 0.306 e. The first-order valence-corrected chi connectivity index (χ1v) is 6.30. The number of nitro benzene ring substituents is 1. The van der Waals surface area contributed by atoms with Crippen LogP contribution in [0.25, 0.3) is 0 Å². The maximum absolute atomic E-state index is 10.9. The average Bonchev–Trinajstić information content (AvgIpc) is 2.96. The number of nitro groups is 2. The summed E-state index contributed by atoms with van der Waals surface area (Å²) in [5.41, 5.74) is 0.595. The Kier molecular flexibility index (Phi) is 4.63. The van der Waals surface area contributed by atoms with E-state index in [1.165, 1.54) is 29.1 Å². The molecule has 2 N–H and O–H groups in total. The molecule has 0 radical (unpaired) electrons. The number of nitrogens with zero attached hydrogens (tertiary/aromatic N) is 4. The number of aliphatic hydroxyl groups excluding tert-OH is 1. The smallest absolute Gasteiger partial charge is 0.306 e. The Bertz CT molecular complexity index is 699. The van der Waals surface area contributed by atoms with Crippen LogP contribution in [-0.4, -0.2) is 31.3 Å². The Morgan fingerprint density at radius 2 is 2.05 bits per heavy atom. The van der Waals surface area contributed by atoms with E-state index in [0.29, 0.717) is 12.1 Å². The Morgan fingerprint density at radius 1 is 1.27 bits per heavy atom. The molecular formula is C12H13N5O5. The van der Waals surface area contributed by atoms with Crippen LogP contribution in [0.1, 0.15) is 5.56 Å². The summed E-state index contributed by atoms with van der Waals surface area (Å²) < 4.78 is 1.37. The lowest BCUT2D eigenvalue weighted by atomic mass is 10.2. The molecule has 2 rings (SSSR count). The van der Waals surface area contributed by atoms with E-state index in [4.69, 9.17) is 5.11 Å². The highest BCUT2D eigenvalue weighted by molar-refractivity contribution is 5.62. The Hall–Kier alpha value is -3.01. The standard InChI is InChI=1S/C12H13N5O5/c18-8-9-1-2-12(17(21)22)11(5-9)13-3-4-15-7-10(6-14-15)16(19)20/h1-2,5-7,13,18H,3-4,8H2. The van der Waals surface area contributed by atoms with Crippen LogP contribution in [0.4, 0.5) is 17.1 Å². The molecule has 0 amide bonds.